The highest BCUT2D eigenvalue weighted by atomic mass is 16.5. The van der Waals surface area contributed by atoms with Crippen LogP contribution in [-0.2, 0) is 6.54 Å². The van der Waals surface area contributed by atoms with Gasteiger partial charge in [0.15, 0.2) is 11.5 Å². The Morgan fingerprint density at radius 1 is 0.973 bits per heavy atom. The molecule has 9 nitrogen and oxygen atoms in total. The molecule has 0 fully saturated rings. The molecule has 3 aromatic heterocycles. The van der Waals surface area contributed by atoms with E-state index >= 15 is 0 Å². The first-order chi connectivity index (χ1) is 18.1. The van der Waals surface area contributed by atoms with Gasteiger partial charge in [-0.05, 0) is 48.9 Å². The number of furan rings is 1. The van der Waals surface area contributed by atoms with Gasteiger partial charge in [0, 0.05) is 0 Å². The monoisotopic (exact) mass is 495 g/mol. The number of hydrogen-bond acceptors (Lipinski definition) is 7. The van der Waals surface area contributed by atoms with Crippen molar-refractivity contribution in [2.24, 2.45) is 0 Å². The molecule has 1 aliphatic heterocycles. The second-order valence-electron chi connectivity index (χ2n) is 8.72. The zero-order valence-electron chi connectivity index (χ0n) is 20.6. The molecule has 0 bridgehead atoms. The normalized spacial score (nSPS) is 14.0. The number of fused-ring (bicyclic) bond motifs is 2. The minimum Gasteiger partial charge on any atom is -0.493 e. The number of aromatic nitrogens is 4. The topological polar surface area (TPSA) is 100 Å². The molecule has 0 saturated carbocycles. The number of para-hydroxylation sites is 1. The fraction of sp³-hybridized carbons (Fsp3) is 0.179. The Hall–Kier alpha value is -4.79. The van der Waals surface area contributed by atoms with Crippen LogP contribution < -0.4 is 19.7 Å². The molecule has 1 N–H and O–H groups in total. The van der Waals surface area contributed by atoms with Crippen molar-refractivity contribution < 1.29 is 18.6 Å². The van der Waals surface area contributed by atoms with Gasteiger partial charge in [-0.2, -0.15) is 5.10 Å². The molecule has 37 heavy (non-hydrogen) atoms. The van der Waals surface area contributed by atoms with Gasteiger partial charge in [-0.25, -0.2) is 9.67 Å². The molecule has 9 heteroatoms. The number of methoxy groups -OCH3 is 2. The highest BCUT2D eigenvalue weighted by molar-refractivity contribution is 5.59. The van der Waals surface area contributed by atoms with Crippen LogP contribution in [0.15, 0.2) is 77.7 Å². The molecular weight excluding hydrogens is 470 g/mol. The van der Waals surface area contributed by atoms with Crippen LogP contribution >= 0.6 is 0 Å². The maximum absolute atomic E-state index is 9.18. The first-order valence-electron chi connectivity index (χ1n) is 11.8. The summed E-state index contributed by atoms with van der Waals surface area (Å²) in [5, 5.41) is 14.0. The van der Waals surface area contributed by atoms with Gasteiger partial charge in [0.2, 0.25) is 11.8 Å². The van der Waals surface area contributed by atoms with E-state index in [9.17, 15) is 5.41 Å². The smallest absolute Gasteiger partial charge is 0.230 e. The van der Waals surface area contributed by atoms with E-state index in [0.717, 1.165) is 28.3 Å². The van der Waals surface area contributed by atoms with Gasteiger partial charge in [-0.15, -0.1) is 0 Å². The molecule has 6 rings (SSSR count). The zero-order chi connectivity index (χ0) is 25.5. The molecule has 1 unspecified atom stereocenters. The van der Waals surface area contributed by atoms with E-state index in [4.69, 9.17) is 23.7 Å². The first-order valence-corrected chi connectivity index (χ1v) is 11.8. The summed E-state index contributed by atoms with van der Waals surface area (Å²) >= 11 is 0. The zero-order valence-corrected chi connectivity index (χ0v) is 20.6. The lowest BCUT2D eigenvalue weighted by molar-refractivity contribution is 0.354. The Bertz CT molecular complexity index is 1640. The predicted octanol–water partition coefficient (Wildman–Crippen LogP) is 4.80. The molecule has 0 aliphatic carbocycles. The standard InChI is InChI=1S/C28H25N5O4/c1-17-23-24(18-11-12-21(34-2)22(14-18)35-3)25-26(29)32(15-20-10-7-13-36-20)16-30-27(25)37-28(23)33(31-17)19-8-5-4-6-9-19/h4-14,16,24,29H,15H2,1-3H3. The quantitative estimate of drug-likeness (QED) is 0.356. The molecular formula is C28H25N5O4. The van der Waals surface area contributed by atoms with Crippen LogP contribution in [0.3, 0.4) is 0 Å². The number of benzene rings is 2. The minimum absolute atomic E-state index is 0.277. The van der Waals surface area contributed by atoms with Crippen molar-refractivity contribution in [2.45, 2.75) is 19.4 Å². The van der Waals surface area contributed by atoms with Gasteiger partial charge in [0.1, 0.15) is 17.6 Å². The van der Waals surface area contributed by atoms with Gasteiger partial charge in [0.05, 0.1) is 55.5 Å². The maximum atomic E-state index is 9.18. The third kappa shape index (κ3) is 3.76. The van der Waals surface area contributed by atoms with E-state index in [1.165, 1.54) is 0 Å². The van der Waals surface area contributed by atoms with Crippen molar-refractivity contribution in [1.29, 1.82) is 5.41 Å². The number of nitrogens with one attached hydrogen (secondary N) is 1. The fourth-order valence-electron chi connectivity index (χ4n) is 4.83. The Labute approximate surface area is 213 Å². The van der Waals surface area contributed by atoms with Crippen LogP contribution in [0.1, 0.15) is 34.1 Å². The molecule has 4 heterocycles. The van der Waals surface area contributed by atoms with E-state index in [1.807, 2.05) is 67.6 Å². The average Bonchev–Trinajstić information content (AvgIpc) is 3.57. The second kappa shape index (κ2) is 9.02. The van der Waals surface area contributed by atoms with E-state index in [-0.39, 0.29) is 11.4 Å². The molecule has 1 atom stereocenters. The number of ether oxygens (including phenoxy) is 3. The number of aryl methyl sites for hydroxylation is 1. The van der Waals surface area contributed by atoms with Gasteiger partial charge < -0.3 is 23.2 Å². The molecule has 186 valence electrons. The largest absolute Gasteiger partial charge is 0.493 e. The summed E-state index contributed by atoms with van der Waals surface area (Å²) in [6.45, 7) is 2.33. The van der Waals surface area contributed by atoms with Crippen molar-refractivity contribution >= 4 is 0 Å². The Morgan fingerprint density at radius 2 is 1.78 bits per heavy atom. The molecule has 0 amide bonds. The van der Waals surface area contributed by atoms with Gasteiger partial charge in [-0.3, -0.25) is 5.41 Å². The summed E-state index contributed by atoms with van der Waals surface area (Å²) in [6.07, 6.45) is 3.23. The van der Waals surface area contributed by atoms with Crippen molar-refractivity contribution in [3.05, 3.63) is 107 Å². The lowest BCUT2D eigenvalue weighted by Crippen LogP contribution is -2.30. The summed E-state index contributed by atoms with van der Waals surface area (Å²) in [5.41, 5.74) is 4.37. The molecule has 2 aromatic carbocycles. The maximum Gasteiger partial charge on any atom is 0.230 e. The van der Waals surface area contributed by atoms with Crippen LogP contribution in [0.4, 0.5) is 0 Å². The summed E-state index contributed by atoms with van der Waals surface area (Å²) < 4.78 is 26.5. The lowest BCUT2D eigenvalue weighted by Gasteiger charge is -2.27. The Morgan fingerprint density at radius 3 is 2.51 bits per heavy atom. The van der Waals surface area contributed by atoms with Crippen LogP contribution in [0.5, 0.6) is 23.3 Å². The molecule has 5 aromatic rings. The van der Waals surface area contributed by atoms with Gasteiger partial charge in [-0.1, -0.05) is 24.3 Å². The molecule has 1 aliphatic rings. The SMILES string of the molecule is COc1ccc(C2c3c(C)nn(-c4ccccc4)c3Oc3ncn(Cc4ccco4)c(=N)c32)cc1OC. The van der Waals surface area contributed by atoms with Crippen molar-refractivity contribution in [1.82, 2.24) is 19.3 Å². The van der Waals surface area contributed by atoms with Gasteiger partial charge >= 0.3 is 0 Å². The summed E-state index contributed by atoms with van der Waals surface area (Å²) in [5.74, 6) is 2.52. The van der Waals surface area contributed by atoms with Crippen LogP contribution in [0.2, 0.25) is 0 Å². The Balaban J connectivity index is 1.59. The fourth-order valence-corrected chi connectivity index (χ4v) is 4.83. The van der Waals surface area contributed by atoms with Crippen LogP contribution in [0.25, 0.3) is 5.69 Å². The third-order valence-electron chi connectivity index (χ3n) is 6.57. The number of hydrogen-bond donors (Lipinski definition) is 1. The summed E-state index contributed by atoms with van der Waals surface area (Å²) in [6, 6.07) is 19.3. The van der Waals surface area contributed by atoms with Crippen LogP contribution in [0, 0.1) is 12.3 Å². The predicted molar refractivity (Wildman–Crippen MR) is 135 cm³/mol. The van der Waals surface area contributed by atoms with Gasteiger partial charge in [0.25, 0.3) is 0 Å². The minimum atomic E-state index is -0.375. The van der Waals surface area contributed by atoms with Crippen molar-refractivity contribution in [2.75, 3.05) is 14.2 Å². The van der Waals surface area contributed by atoms with E-state index in [2.05, 4.69) is 4.98 Å². The summed E-state index contributed by atoms with van der Waals surface area (Å²) in [4.78, 5) is 4.64. The second-order valence-corrected chi connectivity index (χ2v) is 8.72. The highest BCUT2D eigenvalue weighted by Gasteiger charge is 2.37. The molecule has 0 spiro atoms. The first kappa shape index (κ1) is 22.7. The van der Waals surface area contributed by atoms with E-state index < -0.39 is 0 Å². The Kier molecular flexibility index (Phi) is 5.52. The third-order valence-corrected chi connectivity index (χ3v) is 6.57. The van der Waals surface area contributed by atoms with Crippen molar-refractivity contribution in [3.8, 4) is 28.9 Å². The number of nitrogens with zero attached hydrogens (tertiary/aromatic N) is 4. The van der Waals surface area contributed by atoms with Crippen LogP contribution in [-0.4, -0.2) is 33.6 Å². The summed E-state index contributed by atoms with van der Waals surface area (Å²) in [7, 11) is 3.22. The average molecular weight is 496 g/mol. The van der Waals surface area contributed by atoms with Crippen molar-refractivity contribution in [3.63, 3.8) is 0 Å². The molecule has 0 radical (unpaired) electrons. The number of rotatable bonds is 6. The molecule has 0 saturated heterocycles. The van der Waals surface area contributed by atoms with E-state index in [0.29, 0.717) is 35.4 Å². The lowest BCUT2D eigenvalue weighted by atomic mass is 9.84. The highest BCUT2D eigenvalue weighted by Crippen LogP contribution is 2.48. The van der Waals surface area contributed by atoms with E-state index in [1.54, 1.807) is 36.1 Å².